The predicted octanol–water partition coefficient (Wildman–Crippen LogP) is 1.82. The number of amides is 1. The first-order valence-corrected chi connectivity index (χ1v) is 6.33. The summed E-state index contributed by atoms with van der Waals surface area (Å²) in [5, 5.41) is 5.60. The third kappa shape index (κ3) is 2.80. The molecule has 2 rings (SSSR count). The summed E-state index contributed by atoms with van der Waals surface area (Å²) in [5.74, 6) is 0.596. The summed E-state index contributed by atoms with van der Waals surface area (Å²) in [6.07, 6.45) is 2.46. The molecule has 88 valence electrons. The summed E-state index contributed by atoms with van der Waals surface area (Å²) in [6.45, 7) is 2.52. The molecule has 0 radical (unpaired) electrons. The van der Waals surface area contributed by atoms with Crippen molar-refractivity contribution in [3.8, 4) is 0 Å². The molecular formula is C11H16N2O2S. The summed E-state index contributed by atoms with van der Waals surface area (Å²) in [7, 11) is 1.62. The molecule has 1 fully saturated rings. The van der Waals surface area contributed by atoms with E-state index in [0.29, 0.717) is 18.2 Å². The van der Waals surface area contributed by atoms with E-state index in [-0.39, 0.29) is 11.9 Å². The number of hydrogen-bond donors (Lipinski definition) is 1. The van der Waals surface area contributed by atoms with Gasteiger partial charge in [-0.25, -0.2) is 4.98 Å². The van der Waals surface area contributed by atoms with Crippen molar-refractivity contribution < 1.29 is 9.53 Å². The molecule has 1 N–H and O–H groups in total. The Bertz CT molecular complexity index is 374. The van der Waals surface area contributed by atoms with Crippen molar-refractivity contribution in [2.45, 2.75) is 32.4 Å². The van der Waals surface area contributed by atoms with Crippen molar-refractivity contribution in [1.82, 2.24) is 10.3 Å². The van der Waals surface area contributed by atoms with Gasteiger partial charge >= 0.3 is 0 Å². The minimum atomic E-state index is -0.0713. The Kier molecular flexibility index (Phi) is 3.56. The number of methoxy groups -OCH3 is 1. The van der Waals surface area contributed by atoms with Gasteiger partial charge in [-0.05, 0) is 25.7 Å². The van der Waals surface area contributed by atoms with Gasteiger partial charge in [0.15, 0.2) is 0 Å². The summed E-state index contributed by atoms with van der Waals surface area (Å²) < 4.78 is 4.97. The fourth-order valence-electron chi connectivity index (χ4n) is 1.60. The Hall–Kier alpha value is -0.940. The normalized spacial score (nSPS) is 17.1. The number of nitrogens with zero attached hydrogens (tertiary/aromatic N) is 1. The predicted molar refractivity (Wildman–Crippen MR) is 62.5 cm³/mol. The van der Waals surface area contributed by atoms with Gasteiger partial charge in [-0.3, -0.25) is 4.79 Å². The number of rotatable bonds is 5. The second-order valence-corrected chi connectivity index (χ2v) is 5.10. The molecule has 0 saturated heterocycles. The van der Waals surface area contributed by atoms with Crippen LogP contribution in [0.2, 0.25) is 0 Å². The Morgan fingerprint density at radius 3 is 3.12 bits per heavy atom. The fourth-order valence-corrected chi connectivity index (χ4v) is 2.34. The number of carbonyl (C=O) groups is 1. The van der Waals surface area contributed by atoms with E-state index in [2.05, 4.69) is 17.2 Å². The minimum absolute atomic E-state index is 0.0713. The fraction of sp³-hybridized carbons (Fsp3) is 0.636. The molecule has 1 aromatic heterocycles. The summed E-state index contributed by atoms with van der Waals surface area (Å²) in [6, 6.07) is 0.264. The van der Waals surface area contributed by atoms with Crippen LogP contribution in [0.25, 0.3) is 0 Å². The molecule has 1 aliphatic carbocycles. The molecule has 1 heterocycles. The number of nitrogens with one attached hydrogen (secondary N) is 1. The van der Waals surface area contributed by atoms with Gasteiger partial charge in [-0.2, -0.15) is 0 Å². The van der Waals surface area contributed by atoms with Crippen LogP contribution in [-0.2, 0) is 11.3 Å². The largest absolute Gasteiger partial charge is 0.378 e. The molecule has 1 atom stereocenters. The molecule has 0 spiro atoms. The number of ether oxygens (including phenoxy) is 1. The summed E-state index contributed by atoms with van der Waals surface area (Å²) >= 11 is 1.46. The van der Waals surface area contributed by atoms with Crippen LogP contribution in [0.5, 0.6) is 0 Å². The first kappa shape index (κ1) is 11.5. The molecule has 4 nitrogen and oxygen atoms in total. The smallest absolute Gasteiger partial charge is 0.270 e. The average Bonchev–Trinajstić information content (AvgIpc) is 3.00. The third-order valence-corrected chi connectivity index (χ3v) is 3.56. The number of thiazole rings is 1. The van der Waals surface area contributed by atoms with E-state index in [1.165, 1.54) is 24.2 Å². The van der Waals surface area contributed by atoms with Crippen LogP contribution in [0.15, 0.2) is 5.38 Å². The highest BCUT2D eigenvalue weighted by molar-refractivity contribution is 7.09. The number of aromatic nitrogens is 1. The van der Waals surface area contributed by atoms with Gasteiger partial charge in [0.2, 0.25) is 0 Å². The molecular weight excluding hydrogens is 224 g/mol. The van der Waals surface area contributed by atoms with Gasteiger partial charge in [0.25, 0.3) is 5.91 Å². The highest BCUT2D eigenvalue weighted by Gasteiger charge is 2.29. The molecule has 1 aromatic rings. The van der Waals surface area contributed by atoms with E-state index in [4.69, 9.17) is 4.74 Å². The lowest BCUT2D eigenvalue weighted by Gasteiger charge is -2.10. The van der Waals surface area contributed by atoms with Crippen LogP contribution in [0.3, 0.4) is 0 Å². The van der Waals surface area contributed by atoms with Crippen LogP contribution < -0.4 is 5.32 Å². The third-order valence-electron chi connectivity index (χ3n) is 2.74. The minimum Gasteiger partial charge on any atom is -0.378 e. The molecule has 0 aliphatic heterocycles. The Morgan fingerprint density at radius 2 is 2.50 bits per heavy atom. The van der Waals surface area contributed by atoms with E-state index >= 15 is 0 Å². The number of hydrogen-bond acceptors (Lipinski definition) is 4. The summed E-state index contributed by atoms with van der Waals surface area (Å²) in [4.78, 5) is 16.0. The highest BCUT2D eigenvalue weighted by Crippen LogP contribution is 2.32. The number of carbonyl (C=O) groups excluding carboxylic acids is 1. The maximum Gasteiger partial charge on any atom is 0.270 e. The van der Waals surface area contributed by atoms with E-state index in [1.54, 1.807) is 12.5 Å². The van der Waals surface area contributed by atoms with Crippen LogP contribution in [-0.4, -0.2) is 24.0 Å². The standard InChI is InChI=1S/C11H16N2O2S/c1-7(8-3-4-8)12-11(14)9-6-16-10(13-9)5-15-2/h6-8H,3-5H2,1-2H3,(H,12,14)/t7-/m1/s1. The lowest BCUT2D eigenvalue weighted by molar-refractivity contribution is 0.0931. The maximum atomic E-state index is 11.8. The average molecular weight is 240 g/mol. The molecule has 1 amide bonds. The van der Waals surface area contributed by atoms with Crippen LogP contribution in [0.4, 0.5) is 0 Å². The zero-order valence-corrected chi connectivity index (χ0v) is 10.3. The van der Waals surface area contributed by atoms with Crippen LogP contribution in [0.1, 0.15) is 35.3 Å². The Morgan fingerprint density at radius 1 is 1.75 bits per heavy atom. The van der Waals surface area contributed by atoms with Gasteiger partial charge in [0.1, 0.15) is 10.7 Å². The quantitative estimate of drug-likeness (QED) is 0.854. The first-order valence-electron chi connectivity index (χ1n) is 5.45. The zero-order chi connectivity index (χ0) is 11.5. The zero-order valence-electron chi connectivity index (χ0n) is 9.53. The lowest BCUT2D eigenvalue weighted by atomic mass is 10.2. The first-order chi connectivity index (χ1) is 7.70. The van der Waals surface area contributed by atoms with Crippen LogP contribution in [0, 0.1) is 5.92 Å². The van der Waals surface area contributed by atoms with Gasteiger partial charge < -0.3 is 10.1 Å². The van der Waals surface area contributed by atoms with Crippen molar-refractivity contribution in [3.63, 3.8) is 0 Å². The molecule has 0 unspecified atom stereocenters. The van der Waals surface area contributed by atoms with E-state index in [1.807, 2.05) is 0 Å². The van der Waals surface area contributed by atoms with Crippen molar-refractivity contribution in [2.24, 2.45) is 5.92 Å². The van der Waals surface area contributed by atoms with Crippen molar-refractivity contribution in [1.29, 1.82) is 0 Å². The monoisotopic (exact) mass is 240 g/mol. The molecule has 5 heteroatoms. The van der Waals surface area contributed by atoms with E-state index < -0.39 is 0 Å². The molecule has 1 saturated carbocycles. The van der Waals surface area contributed by atoms with E-state index in [9.17, 15) is 4.79 Å². The Labute approximate surface area is 99.0 Å². The van der Waals surface area contributed by atoms with Crippen molar-refractivity contribution >= 4 is 17.2 Å². The highest BCUT2D eigenvalue weighted by atomic mass is 32.1. The lowest BCUT2D eigenvalue weighted by Crippen LogP contribution is -2.34. The maximum absolute atomic E-state index is 11.8. The van der Waals surface area contributed by atoms with Gasteiger partial charge in [-0.1, -0.05) is 0 Å². The molecule has 1 aliphatic rings. The summed E-state index contributed by atoms with van der Waals surface area (Å²) in [5.41, 5.74) is 0.504. The van der Waals surface area contributed by atoms with Gasteiger partial charge in [-0.15, -0.1) is 11.3 Å². The van der Waals surface area contributed by atoms with Gasteiger partial charge in [0, 0.05) is 18.5 Å². The van der Waals surface area contributed by atoms with Crippen molar-refractivity contribution in [3.05, 3.63) is 16.1 Å². The molecule has 0 aromatic carbocycles. The second kappa shape index (κ2) is 4.93. The Balaban J connectivity index is 1.91. The SMILES string of the molecule is COCc1nc(C(=O)N[C@H](C)C2CC2)cs1. The van der Waals surface area contributed by atoms with Crippen LogP contribution >= 0.6 is 11.3 Å². The second-order valence-electron chi connectivity index (χ2n) is 4.16. The molecule has 0 bridgehead atoms. The van der Waals surface area contributed by atoms with E-state index in [0.717, 1.165) is 5.01 Å². The molecule has 16 heavy (non-hydrogen) atoms. The van der Waals surface area contributed by atoms with Gasteiger partial charge in [0.05, 0.1) is 6.61 Å². The van der Waals surface area contributed by atoms with Crippen molar-refractivity contribution in [2.75, 3.05) is 7.11 Å². The topological polar surface area (TPSA) is 51.2 Å².